The topological polar surface area (TPSA) is 73.9 Å². The molecule has 0 spiro atoms. The highest BCUT2D eigenvalue weighted by molar-refractivity contribution is 5.43. The number of aryl methyl sites for hydroxylation is 1. The molecule has 0 atom stereocenters. The van der Waals surface area contributed by atoms with E-state index in [1.165, 1.54) is 0 Å². The van der Waals surface area contributed by atoms with Gasteiger partial charge in [0.2, 0.25) is 0 Å². The highest BCUT2D eigenvalue weighted by Gasteiger charge is 2.03. The molecule has 0 amide bonds. The van der Waals surface area contributed by atoms with E-state index < -0.39 is 0 Å². The van der Waals surface area contributed by atoms with Gasteiger partial charge in [0.1, 0.15) is 12.4 Å². The number of rotatable bonds is 3. The minimum Gasteiger partial charge on any atom is -0.483 e. The van der Waals surface area contributed by atoms with Gasteiger partial charge in [-0.15, -0.1) is 0 Å². The van der Waals surface area contributed by atoms with E-state index in [0.29, 0.717) is 24.0 Å². The number of nitrogen functional groups attached to an aromatic ring is 1. The van der Waals surface area contributed by atoms with Crippen molar-refractivity contribution in [2.75, 3.05) is 5.73 Å². The van der Waals surface area contributed by atoms with Gasteiger partial charge in [-0.3, -0.25) is 4.98 Å². The van der Waals surface area contributed by atoms with Crippen LogP contribution in [0, 0.1) is 6.92 Å². The van der Waals surface area contributed by atoms with Crippen molar-refractivity contribution >= 4 is 5.82 Å². The molecular weight excluding hydrogens is 204 g/mol. The van der Waals surface area contributed by atoms with Crippen molar-refractivity contribution in [3.05, 3.63) is 42.1 Å². The van der Waals surface area contributed by atoms with Gasteiger partial charge >= 0.3 is 0 Å². The summed E-state index contributed by atoms with van der Waals surface area (Å²) in [5.74, 6) is 1.48. The molecule has 0 aliphatic rings. The Morgan fingerprint density at radius 2 is 2.25 bits per heavy atom. The van der Waals surface area contributed by atoms with Crippen molar-refractivity contribution in [3.63, 3.8) is 0 Å². The Hall–Kier alpha value is -2.17. The maximum atomic E-state index is 5.69. The van der Waals surface area contributed by atoms with Gasteiger partial charge in [0.25, 0.3) is 0 Å². The van der Waals surface area contributed by atoms with E-state index >= 15 is 0 Å². The number of nitrogens with zero attached hydrogens (tertiary/aromatic N) is 3. The second kappa shape index (κ2) is 4.57. The summed E-state index contributed by atoms with van der Waals surface area (Å²) in [6.45, 7) is 2.19. The van der Waals surface area contributed by atoms with E-state index in [2.05, 4.69) is 15.0 Å². The summed E-state index contributed by atoms with van der Waals surface area (Å²) in [7, 11) is 0. The quantitative estimate of drug-likeness (QED) is 0.838. The van der Waals surface area contributed by atoms with Crippen LogP contribution in [-0.2, 0) is 6.61 Å². The Kier molecular flexibility index (Phi) is 2.95. The number of anilines is 1. The van der Waals surface area contributed by atoms with Gasteiger partial charge < -0.3 is 10.5 Å². The zero-order valence-electron chi connectivity index (χ0n) is 8.92. The molecule has 2 heterocycles. The number of pyridine rings is 1. The van der Waals surface area contributed by atoms with Crippen molar-refractivity contribution < 1.29 is 4.74 Å². The van der Waals surface area contributed by atoms with Gasteiger partial charge in [-0.05, 0) is 13.0 Å². The number of aromatic nitrogens is 3. The van der Waals surface area contributed by atoms with Crippen LogP contribution in [0.5, 0.6) is 5.75 Å². The molecule has 5 nitrogen and oxygen atoms in total. The molecule has 0 aliphatic carbocycles. The number of hydrogen-bond acceptors (Lipinski definition) is 5. The minimum atomic E-state index is 0.358. The van der Waals surface area contributed by atoms with Gasteiger partial charge in [-0.25, -0.2) is 9.97 Å². The SMILES string of the molecule is Cc1ncc(OCc2cccnc2)c(N)n1. The summed E-state index contributed by atoms with van der Waals surface area (Å²) < 4.78 is 5.49. The Labute approximate surface area is 93.3 Å². The standard InChI is InChI=1S/C11H12N4O/c1-8-14-6-10(11(12)15-8)16-7-9-3-2-4-13-5-9/h2-6H,7H2,1H3,(H2,12,14,15). The molecule has 2 aromatic rings. The van der Waals surface area contributed by atoms with Crippen LogP contribution in [0.4, 0.5) is 5.82 Å². The van der Waals surface area contributed by atoms with Crippen LogP contribution >= 0.6 is 0 Å². The molecule has 0 unspecified atom stereocenters. The average molecular weight is 216 g/mol. The van der Waals surface area contributed by atoms with E-state index in [1.54, 1.807) is 25.5 Å². The van der Waals surface area contributed by atoms with E-state index in [1.807, 2.05) is 12.1 Å². The molecule has 82 valence electrons. The van der Waals surface area contributed by atoms with Crippen molar-refractivity contribution in [2.24, 2.45) is 0 Å². The summed E-state index contributed by atoms with van der Waals surface area (Å²) in [6.07, 6.45) is 5.03. The number of nitrogens with two attached hydrogens (primary N) is 1. The third-order valence-electron chi connectivity index (χ3n) is 2.02. The molecule has 0 saturated carbocycles. The lowest BCUT2D eigenvalue weighted by Gasteiger charge is -2.07. The van der Waals surface area contributed by atoms with Gasteiger partial charge in [0, 0.05) is 18.0 Å². The van der Waals surface area contributed by atoms with Gasteiger partial charge in [0.15, 0.2) is 11.6 Å². The van der Waals surface area contributed by atoms with Crippen molar-refractivity contribution in [3.8, 4) is 5.75 Å². The summed E-state index contributed by atoms with van der Waals surface area (Å²) >= 11 is 0. The third kappa shape index (κ3) is 2.44. The average Bonchev–Trinajstić information content (AvgIpc) is 2.29. The van der Waals surface area contributed by atoms with Crippen LogP contribution in [0.3, 0.4) is 0 Å². The Balaban J connectivity index is 2.05. The first kappa shape index (κ1) is 10.4. The first-order valence-corrected chi connectivity index (χ1v) is 4.86. The monoisotopic (exact) mass is 216 g/mol. The lowest BCUT2D eigenvalue weighted by atomic mass is 10.3. The molecule has 2 N–H and O–H groups in total. The van der Waals surface area contributed by atoms with E-state index in [-0.39, 0.29) is 0 Å². The summed E-state index contributed by atoms with van der Waals surface area (Å²) in [5, 5.41) is 0. The van der Waals surface area contributed by atoms with Crippen molar-refractivity contribution in [1.82, 2.24) is 15.0 Å². The van der Waals surface area contributed by atoms with Gasteiger partial charge in [-0.1, -0.05) is 6.07 Å². The number of hydrogen-bond donors (Lipinski definition) is 1. The van der Waals surface area contributed by atoms with Crippen LogP contribution in [0.2, 0.25) is 0 Å². The zero-order valence-corrected chi connectivity index (χ0v) is 8.92. The van der Waals surface area contributed by atoms with Crippen LogP contribution in [0.15, 0.2) is 30.7 Å². The predicted octanol–water partition coefficient (Wildman–Crippen LogP) is 1.34. The van der Waals surface area contributed by atoms with Crippen LogP contribution in [-0.4, -0.2) is 15.0 Å². The predicted molar refractivity (Wildman–Crippen MR) is 59.8 cm³/mol. The van der Waals surface area contributed by atoms with Crippen molar-refractivity contribution in [1.29, 1.82) is 0 Å². The Bertz CT molecular complexity index is 473. The summed E-state index contributed by atoms with van der Waals surface area (Å²) in [5.41, 5.74) is 6.67. The highest BCUT2D eigenvalue weighted by atomic mass is 16.5. The molecular formula is C11H12N4O. The lowest BCUT2D eigenvalue weighted by molar-refractivity contribution is 0.305. The van der Waals surface area contributed by atoms with Crippen LogP contribution in [0.25, 0.3) is 0 Å². The van der Waals surface area contributed by atoms with E-state index in [9.17, 15) is 0 Å². The summed E-state index contributed by atoms with van der Waals surface area (Å²) in [6, 6.07) is 3.78. The number of ether oxygens (including phenoxy) is 1. The molecule has 0 saturated heterocycles. The Morgan fingerprint density at radius 1 is 1.38 bits per heavy atom. The first-order valence-electron chi connectivity index (χ1n) is 4.86. The maximum absolute atomic E-state index is 5.69. The zero-order chi connectivity index (χ0) is 11.4. The molecule has 2 rings (SSSR count). The van der Waals surface area contributed by atoms with Gasteiger partial charge in [0.05, 0.1) is 6.20 Å². The first-order chi connectivity index (χ1) is 7.75. The largest absolute Gasteiger partial charge is 0.483 e. The Morgan fingerprint density at radius 3 is 2.94 bits per heavy atom. The second-order valence-electron chi connectivity index (χ2n) is 3.32. The molecule has 16 heavy (non-hydrogen) atoms. The maximum Gasteiger partial charge on any atom is 0.180 e. The molecule has 0 fully saturated rings. The van der Waals surface area contributed by atoms with Crippen molar-refractivity contribution in [2.45, 2.75) is 13.5 Å². The second-order valence-corrected chi connectivity index (χ2v) is 3.32. The lowest BCUT2D eigenvalue weighted by Crippen LogP contribution is -2.02. The van der Waals surface area contributed by atoms with Crippen LogP contribution < -0.4 is 10.5 Å². The smallest absolute Gasteiger partial charge is 0.180 e. The molecule has 2 aromatic heterocycles. The molecule has 0 bridgehead atoms. The molecule has 0 radical (unpaired) electrons. The fourth-order valence-electron chi connectivity index (χ4n) is 1.23. The molecule has 0 aromatic carbocycles. The summed E-state index contributed by atoms with van der Waals surface area (Å²) in [4.78, 5) is 12.0. The highest BCUT2D eigenvalue weighted by Crippen LogP contribution is 2.18. The molecule has 5 heteroatoms. The van der Waals surface area contributed by atoms with Crippen LogP contribution in [0.1, 0.15) is 11.4 Å². The van der Waals surface area contributed by atoms with E-state index in [4.69, 9.17) is 10.5 Å². The normalized spacial score (nSPS) is 10.1. The fraction of sp³-hybridized carbons (Fsp3) is 0.182. The third-order valence-corrected chi connectivity index (χ3v) is 2.02. The van der Waals surface area contributed by atoms with E-state index in [0.717, 1.165) is 5.56 Å². The molecule has 0 aliphatic heterocycles. The van der Waals surface area contributed by atoms with Gasteiger partial charge in [-0.2, -0.15) is 0 Å². The fourth-order valence-corrected chi connectivity index (χ4v) is 1.23. The minimum absolute atomic E-state index is 0.358.